The molecule has 1 amide bonds. The molecule has 0 saturated carbocycles. The summed E-state index contributed by atoms with van der Waals surface area (Å²) in [7, 11) is 3.73. The quantitative estimate of drug-likeness (QED) is 0.703. The summed E-state index contributed by atoms with van der Waals surface area (Å²) >= 11 is 0. The van der Waals surface area contributed by atoms with Gasteiger partial charge >= 0.3 is 6.09 Å². The van der Waals surface area contributed by atoms with Gasteiger partial charge in [-0.1, -0.05) is 0 Å². The van der Waals surface area contributed by atoms with Crippen LogP contribution in [-0.2, 0) is 9.57 Å². The number of carbonyl (C=O) groups excluding carboxylic acids is 1. The lowest BCUT2D eigenvalue weighted by Gasteiger charge is -2.05. The van der Waals surface area contributed by atoms with Crippen molar-refractivity contribution in [2.45, 2.75) is 20.8 Å². The first-order valence-electron chi connectivity index (χ1n) is 4.79. The zero-order valence-corrected chi connectivity index (χ0v) is 9.79. The first kappa shape index (κ1) is 15.7. The molecule has 0 radical (unpaired) electrons. The van der Waals surface area contributed by atoms with E-state index in [0.717, 1.165) is 6.61 Å². The number of alkyl carbamates (subject to hydrolysis) is 1. The van der Waals surface area contributed by atoms with Crippen molar-refractivity contribution in [1.29, 1.82) is 0 Å². The molecular formula is C9H22N2O3. The molecule has 1 N–H and O–H groups in total. The van der Waals surface area contributed by atoms with Crippen molar-refractivity contribution >= 4 is 6.09 Å². The number of nitrogens with one attached hydrogen (secondary N) is 1. The summed E-state index contributed by atoms with van der Waals surface area (Å²) in [6.07, 6.45) is -0.338. The van der Waals surface area contributed by atoms with Crippen LogP contribution >= 0.6 is 0 Å². The minimum Gasteiger partial charge on any atom is -0.450 e. The minimum atomic E-state index is -0.338. The fraction of sp³-hybridized carbons (Fsp3) is 0.889. The average Bonchev–Trinajstić information content (AvgIpc) is 2.05. The predicted molar refractivity (Wildman–Crippen MR) is 56.0 cm³/mol. The first-order chi connectivity index (χ1) is 6.58. The van der Waals surface area contributed by atoms with Gasteiger partial charge in [-0.2, -0.15) is 5.06 Å². The summed E-state index contributed by atoms with van der Waals surface area (Å²) in [6.45, 7) is 7.39. The number of carbonyl (C=O) groups is 1. The smallest absolute Gasteiger partial charge is 0.407 e. The lowest BCUT2D eigenvalue weighted by atomic mass is 10.7. The third kappa shape index (κ3) is 17.3. The highest BCUT2D eigenvalue weighted by Crippen LogP contribution is 1.73. The number of rotatable bonds is 4. The second-order valence-corrected chi connectivity index (χ2v) is 2.48. The summed E-state index contributed by atoms with van der Waals surface area (Å²) in [6, 6.07) is 0. The van der Waals surface area contributed by atoms with Crippen LogP contribution in [-0.4, -0.2) is 45.0 Å². The molecule has 0 fully saturated rings. The summed E-state index contributed by atoms with van der Waals surface area (Å²) in [5, 5.41) is 4.17. The Balaban J connectivity index is 0. The van der Waals surface area contributed by atoms with Gasteiger partial charge < -0.3 is 10.1 Å². The zero-order valence-electron chi connectivity index (χ0n) is 9.79. The van der Waals surface area contributed by atoms with Crippen LogP contribution in [0.15, 0.2) is 0 Å². The first-order valence-corrected chi connectivity index (χ1v) is 4.79. The van der Waals surface area contributed by atoms with Crippen molar-refractivity contribution < 1.29 is 14.4 Å². The SMILES string of the molecule is CCNC(=O)OCC.CCON(C)C. The van der Waals surface area contributed by atoms with E-state index < -0.39 is 0 Å². The molecule has 0 saturated heterocycles. The van der Waals surface area contributed by atoms with Crippen LogP contribution in [0.2, 0.25) is 0 Å². The monoisotopic (exact) mass is 206 g/mol. The minimum absolute atomic E-state index is 0.338. The molecule has 0 aromatic heterocycles. The van der Waals surface area contributed by atoms with E-state index in [0.29, 0.717) is 13.2 Å². The number of amides is 1. The second-order valence-electron chi connectivity index (χ2n) is 2.48. The third-order valence-electron chi connectivity index (χ3n) is 0.984. The molecule has 0 aromatic rings. The van der Waals surface area contributed by atoms with E-state index >= 15 is 0 Å². The Morgan fingerprint density at radius 3 is 2.00 bits per heavy atom. The molecule has 5 heteroatoms. The van der Waals surface area contributed by atoms with Crippen LogP contribution in [0.3, 0.4) is 0 Å². The molecule has 14 heavy (non-hydrogen) atoms. The highest BCUT2D eigenvalue weighted by molar-refractivity contribution is 5.66. The molecule has 0 aliphatic rings. The number of hydrogen-bond donors (Lipinski definition) is 1. The van der Waals surface area contributed by atoms with E-state index in [2.05, 4.69) is 10.1 Å². The van der Waals surface area contributed by atoms with E-state index in [1.54, 1.807) is 12.0 Å². The van der Waals surface area contributed by atoms with Crippen molar-refractivity contribution in [3.05, 3.63) is 0 Å². The molecule has 0 spiro atoms. The Hall–Kier alpha value is -0.810. The molecule has 86 valence electrons. The van der Waals surface area contributed by atoms with E-state index in [1.165, 1.54) is 0 Å². The molecule has 0 bridgehead atoms. The molecular weight excluding hydrogens is 184 g/mol. The molecule has 0 aliphatic heterocycles. The number of hydrogen-bond acceptors (Lipinski definition) is 4. The second kappa shape index (κ2) is 12.2. The molecule has 0 aliphatic carbocycles. The van der Waals surface area contributed by atoms with Gasteiger partial charge in [0.15, 0.2) is 0 Å². The molecule has 0 atom stereocenters. The largest absolute Gasteiger partial charge is 0.450 e. The fourth-order valence-corrected chi connectivity index (χ4v) is 0.585. The number of nitrogens with zero attached hydrogens (tertiary/aromatic N) is 1. The maximum absolute atomic E-state index is 10.3. The van der Waals surface area contributed by atoms with Gasteiger partial charge in [-0.15, -0.1) is 0 Å². The van der Waals surface area contributed by atoms with Crippen molar-refractivity contribution in [2.24, 2.45) is 0 Å². The van der Waals surface area contributed by atoms with Crippen LogP contribution in [0.1, 0.15) is 20.8 Å². The Morgan fingerprint density at radius 2 is 1.79 bits per heavy atom. The predicted octanol–water partition coefficient (Wildman–Crippen LogP) is 1.25. The number of ether oxygens (including phenoxy) is 1. The van der Waals surface area contributed by atoms with Crippen LogP contribution in [0.25, 0.3) is 0 Å². The molecule has 0 rings (SSSR count). The Kier molecular flexibility index (Phi) is 13.6. The van der Waals surface area contributed by atoms with E-state index in [-0.39, 0.29) is 6.09 Å². The number of hydroxylamine groups is 2. The van der Waals surface area contributed by atoms with Gasteiger partial charge in [0.2, 0.25) is 0 Å². The van der Waals surface area contributed by atoms with Gasteiger partial charge in [-0.3, -0.25) is 4.84 Å². The summed E-state index contributed by atoms with van der Waals surface area (Å²) in [5.41, 5.74) is 0. The zero-order chi connectivity index (χ0) is 11.4. The Bertz CT molecular complexity index is 121. The van der Waals surface area contributed by atoms with E-state index in [1.807, 2.05) is 27.9 Å². The van der Waals surface area contributed by atoms with Crippen LogP contribution in [0.4, 0.5) is 4.79 Å². The van der Waals surface area contributed by atoms with Crippen molar-refractivity contribution in [3.63, 3.8) is 0 Å². The Morgan fingerprint density at radius 1 is 1.21 bits per heavy atom. The molecule has 0 heterocycles. The van der Waals surface area contributed by atoms with Gasteiger partial charge in [-0.05, 0) is 20.8 Å². The van der Waals surface area contributed by atoms with Crippen molar-refractivity contribution in [3.8, 4) is 0 Å². The third-order valence-corrected chi connectivity index (χ3v) is 0.984. The highest BCUT2D eigenvalue weighted by Gasteiger charge is 1.92. The summed E-state index contributed by atoms with van der Waals surface area (Å²) in [4.78, 5) is 15.2. The van der Waals surface area contributed by atoms with Crippen LogP contribution in [0, 0.1) is 0 Å². The van der Waals surface area contributed by atoms with E-state index in [4.69, 9.17) is 4.84 Å². The summed E-state index contributed by atoms with van der Waals surface area (Å²) < 4.78 is 4.53. The van der Waals surface area contributed by atoms with Gasteiger partial charge in [0, 0.05) is 20.6 Å². The van der Waals surface area contributed by atoms with Crippen molar-refractivity contribution in [1.82, 2.24) is 10.4 Å². The molecule has 5 nitrogen and oxygen atoms in total. The van der Waals surface area contributed by atoms with Gasteiger partial charge in [0.25, 0.3) is 0 Å². The van der Waals surface area contributed by atoms with Gasteiger partial charge in [-0.25, -0.2) is 4.79 Å². The Labute approximate surface area is 86.3 Å². The van der Waals surface area contributed by atoms with E-state index in [9.17, 15) is 4.79 Å². The maximum Gasteiger partial charge on any atom is 0.407 e. The van der Waals surface area contributed by atoms with Crippen LogP contribution in [0.5, 0.6) is 0 Å². The normalized spacial score (nSPS) is 9.00. The van der Waals surface area contributed by atoms with Crippen LogP contribution < -0.4 is 5.32 Å². The molecule has 0 unspecified atom stereocenters. The molecule has 0 aromatic carbocycles. The van der Waals surface area contributed by atoms with Gasteiger partial charge in [0.05, 0.1) is 13.2 Å². The van der Waals surface area contributed by atoms with Crippen molar-refractivity contribution in [2.75, 3.05) is 33.9 Å². The maximum atomic E-state index is 10.3. The topological polar surface area (TPSA) is 50.8 Å². The fourth-order valence-electron chi connectivity index (χ4n) is 0.585. The highest BCUT2D eigenvalue weighted by atomic mass is 16.7. The van der Waals surface area contributed by atoms with Gasteiger partial charge in [0.1, 0.15) is 0 Å². The average molecular weight is 206 g/mol. The lowest BCUT2D eigenvalue weighted by Crippen LogP contribution is -2.23. The summed E-state index contributed by atoms with van der Waals surface area (Å²) in [5.74, 6) is 0. The standard InChI is InChI=1S/C5H11NO2.C4H11NO/c1-3-6-5(7)8-4-2;1-4-6-5(2)3/h3-4H2,1-2H3,(H,6,7);4H2,1-3H3. The lowest BCUT2D eigenvalue weighted by molar-refractivity contribution is -0.113.